The van der Waals surface area contributed by atoms with Crippen LogP contribution >= 0.6 is 0 Å². The number of carbonyl (C=O) groups excluding carboxylic acids is 1. The topological polar surface area (TPSA) is 307 Å². The highest BCUT2D eigenvalue weighted by atomic mass is 16.8. The number of nitrogens with one attached hydrogen (secondary N) is 1. The summed E-state index contributed by atoms with van der Waals surface area (Å²) in [5, 5.41) is 120. The summed E-state index contributed by atoms with van der Waals surface area (Å²) < 4.78 is 34.1. The molecule has 0 aliphatic carbocycles. The highest BCUT2D eigenvalue weighted by Gasteiger charge is 2.53. The van der Waals surface area contributed by atoms with Crippen molar-refractivity contribution >= 4 is 5.91 Å². The molecule has 3 fully saturated rings. The molecule has 3 saturated heterocycles. The molecule has 494 valence electrons. The summed E-state index contributed by atoms with van der Waals surface area (Å²) in [5.74, 6) is -0.259. The van der Waals surface area contributed by atoms with Gasteiger partial charge in [0.1, 0.15) is 73.2 Å². The molecule has 0 spiro atoms. The Hall–Kier alpha value is -3.29. The number of aliphatic hydroxyl groups excluding tert-OH is 11. The van der Waals surface area contributed by atoms with Gasteiger partial charge in [-0.15, -0.1) is 0 Å². The van der Waals surface area contributed by atoms with E-state index >= 15 is 0 Å². The highest BCUT2D eigenvalue weighted by Crippen LogP contribution is 2.33. The van der Waals surface area contributed by atoms with Crippen molar-refractivity contribution in [1.29, 1.82) is 0 Å². The molecule has 3 aliphatic heterocycles. The third kappa shape index (κ3) is 31.0. The first-order valence-electron chi connectivity index (χ1n) is 32.5. The van der Waals surface area contributed by atoms with Crippen molar-refractivity contribution in [3.8, 4) is 0 Å². The number of hydrogen-bond donors (Lipinski definition) is 12. The van der Waals surface area contributed by atoms with Crippen LogP contribution in [0.5, 0.6) is 0 Å². The standard InChI is InChI=1S/C67H113NO18/c1-3-5-7-9-10-11-12-13-14-15-16-17-18-19-20-21-22-23-24-25-26-27-28-29-30-31-32-33-34-35-36-37-38-39-40-41-43-45-55(73)68-50(51(72)44-42-8-6-4-2)49-81-65-61(79)58(76)63(53(47-70)83-65)86-67-62(80)59(77)64(54(48-71)84-67)85-66-60(78)57(75)56(74)52(46-69)82-66/h5,7,10-11,13-14,16-17,19-20,22-23,25-26,28-29,50-54,56-67,69-72,74-80H,3-4,6,8-9,12,15,18,21,24,27,30-49H2,1-2H3,(H,68,73)/b7-5-,11-10-,14-13-,17-16-,20-19-,23-22-,26-25-,29-28-. The molecule has 12 N–H and O–H groups in total. The first-order valence-corrected chi connectivity index (χ1v) is 32.5. The maximum absolute atomic E-state index is 13.2. The van der Waals surface area contributed by atoms with Gasteiger partial charge in [0.15, 0.2) is 18.9 Å². The molecule has 17 unspecified atom stereocenters. The van der Waals surface area contributed by atoms with Gasteiger partial charge in [-0.1, -0.05) is 201 Å². The normalized spacial score (nSPS) is 29.4. The summed E-state index contributed by atoms with van der Waals surface area (Å²) in [6.07, 6.45) is 36.1. The van der Waals surface area contributed by atoms with E-state index in [-0.39, 0.29) is 18.9 Å². The maximum atomic E-state index is 13.2. The van der Waals surface area contributed by atoms with E-state index < -0.39 is 124 Å². The van der Waals surface area contributed by atoms with Crippen LogP contribution in [0.25, 0.3) is 0 Å². The fourth-order valence-corrected chi connectivity index (χ4v) is 10.4. The van der Waals surface area contributed by atoms with Gasteiger partial charge < -0.3 is 89.9 Å². The molecule has 17 atom stereocenters. The van der Waals surface area contributed by atoms with E-state index in [1.54, 1.807) is 0 Å². The maximum Gasteiger partial charge on any atom is 0.220 e. The molecule has 1 amide bonds. The Morgan fingerprint density at radius 1 is 0.430 bits per heavy atom. The number of aliphatic hydroxyl groups is 11. The Morgan fingerprint density at radius 3 is 1.24 bits per heavy atom. The predicted octanol–water partition coefficient (Wildman–Crippen LogP) is 7.32. The molecule has 3 heterocycles. The van der Waals surface area contributed by atoms with Gasteiger partial charge in [0.05, 0.1) is 38.6 Å². The summed E-state index contributed by atoms with van der Waals surface area (Å²) in [6.45, 7) is 1.51. The number of ether oxygens (including phenoxy) is 6. The van der Waals surface area contributed by atoms with Gasteiger partial charge in [0.25, 0.3) is 0 Å². The molecule has 0 aromatic heterocycles. The average molecular weight is 1220 g/mol. The van der Waals surface area contributed by atoms with Gasteiger partial charge >= 0.3 is 0 Å². The van der Waals surface area contributed by atoms with E-state index in [2.05, 4.69) is 116 Å². The van der Waals surface area contributed by atoms with Gasteiger partial charge in [-0.25, -0.2) is 0 Å². The fraction of sp³-hybridized carbons (Fsp3) is 0.746. The lowest BCUT2D eigenvalue weighted by Gasteiger charge is -2.48. The summed E-state index contributed by atoms with van der Waals surface area (Å²) >= 11 is 0. The quantitative estimate of drug-likeness (QED) is 0.0210. The van der Waals surface area contributed by atoms with Crippen LogP contribution < -0.4 is 5.32 Å². The van der Waals surface area contributed by atoms with Gasteiger partial charge in [-0.2, -0.15) is 0 Å². The van der Waals surface area contributed by atoms with Crippen molar-refractivity contribution in [1.82, 2.24) is 5.32 Å². The van der Waals surface area contributed by atoms with Gasteiger partial charge in [-0.3, -0.25) is 4.79 Å². The zero-order valence-corrected chi connectivity index (χ0v) is 51.7. The fourth-order valence-electron chi connectivity index (χ4n) is 10.4. The van der Waals surface area contributed by atoms with E-state index in [9.17, 15) is 61.0 Å². The second-order valence-corrected chi connectivity index (χ2v) is 22.8. The highest BCUT2D eigenvalue weighted by molar-refractivity contribution is 5.76. The third-order valence-electron chi connectivity index (χ3n) is 15.7. The smallest absolute Gasteiger partial charge is 0.220 e. The second-order valence-electron chi connectivity index (χ2n) is 22.8. The minimum atomic E-state index is -1.97. The number of hydrogen-bond acceptors (Lipinski definition) is 18. The minimum Gasteiger partial charge on any atom is -0.394 e. The van der Waals surface area contributed by atoms with Crippen LogP contribution in [0.3, 0.4) is 0 Å². The molecule has 0 bridgehead atoms. The Morgan fingerprint density at radius 2 is 0.802 bits per heavy atom. The predicted molar refractivity (Wildman–Crippen MR) is 332 cm³/mol. The number of rotatable bonds is 47. The Balaban J connectivity index is 1.26. The monoisotopic (exact) mass is 1220 g/mol. The largest absolute Gasteiger partial charge is 0.394 e. The van der Waals surface area contributed by atoms with Crippen LogP contribution in [0.1, 0.15) is 187 Å². The Kier molecular flexibility index (Phi) is 43.4. The summed E-state index contributed by atoms with van der Waals surface area (Å²) in [7, 11) is 0. The summed E-state index contributed by atoms with van der Waals surface area (Å²) in [5.41, 5.74) is 0. The molecule has 3 rings (SSSR count). The molecule has 3 aliphatic rings. The van der Waals surface area contributed by atoms with Crippen LogP contribution in [0.4, 0.5) is 0 Å². The van der Waals surface area contributed by atoms with Gasteiger partial charge in [-0.05, 0) is 77.0 Å². The van der Waals surface area contributed by atoms with Crippen LogP contribution in [-0.2, 0) is 33.2 Å². The molecule has 86 heavy (non-hydrogen) atoms. The molecular formula is C67H113NO18. The van der Waals surface area contributed by atoms with Crippen LogP contribution in [0, 0.1) is 0 Å². The molecule has 19 heteroatoms. The van der Waals surface area contributed by atoms with Gasteiger partial charge in [0, 0.05) is 6.42 Å². The van der Waals surface area contributed by atoms with Crippen molar-refractivity contribution in [3.05, 3.63) is 97.2 Å². The lowest BCUT2D eigenvalue weighted by Crippen LogP contribution is -2.66. The first kappa shape index (κ1) is 77.0. The van der Waals surface area contributed by atoms with Crippen molar-refractivity contribution in [3.63, 3.8) is 0 Å². The van der Waals surface area contributed by atoms with E-state index in [1.165, 1.54) is 51.4 Å². The van der Waals surface area contributed by atoms with Crippen LogP contribution in [0.2, 0.25) is 0 Å². The van der Waals surface area contributed by atoms with E-state index in [4.69, 9.17) is 28.4 Å². The van der Waals surface area contributed by atoms with Gasteiger partial charge in [0.2, 0.25) is 5.91 Å². The molecule has 0 aromatic carbocycles. The molecular weight excluding hydrogens is 1110 g/mol. The van der Waals surface area contributed by atoms with Crippen molar-refractivity contribution in [2.75, 3.05) is 26.4 Å². The first-order chi connectivity index (χ1) is 41.8. The van der Waals surface area contributed by atoms with E-state index in [0.29, 0.717) is 19.3 Å². The summed E-state index contributed by atoms with van der Waals surface area (Å²) in [4.78, 5) is 13.2. The second kappa shape index (κ2) is 48.5. The molecule has 0 saturated carbocycles. The SMILES string of the molecule is CC/C=C\C/C=C\C/C=C\C/C=C\C/C=C\C/C=C\C/C=C\C/C=C\CCCCCCCCCCCCCCC(=O)NC(COC1OC(CO)C(OC2OC(CO)C(OC3OC(CO)C(O)C(O)C3O)C(O)C2O)C(O)C1O)C(O)CCCCCC. The van der Waals surface area contributed by atoms with Crippen LogP contribution in [0.15, 0.2) is 97.2 Å². The number of unbranched alkanes of at least 4 members (excludes halogenated alkanes) is 15. The molecule has 0 aromatic rings. The summed E-state index contributed by atoms with van der Waals surface area (Å²) in [6, 6.07) is -0.889. The number of carbonyl (C=O) groups is 1. The lowest BCUT2D eigenvalue weighted by atomic mass is 9.96. The van der Waals surface area contributed by atoms with Crippen molar-refractivity contribution < 1.29 is 89.4 Å². The van der Waals surface area contributed by atoms with E-state index in [0.717, 1.165) is 96.3 Å². The van der Waals surface area contributed by atoms with E-state index in [1.807, 2.05) is 0 Å². The Labute approximate surface area is 513 Å². The third-order valence-corrected chi connectivity index (χ3v) is 15.7. The lowest BCUT2D eigenvalue weighted by molar-refractivity contribution is -0.379. The van der Waals surface area contributed by atoms with Crippen molar-refractivity contribution in [2.24, 2.45) is 0 Å². The van der Waals surface area contributed by atoms with Crippen molar-refractivity contribution in [2.45, 2.75) is 291 Å². The minimum absolute atomic E-state index is 0.256. The molecule has 0 radical (unpaired) electrons. The zero-order valence-electron chi connectivity index (χ0n) is 51.7. The number of amides is 1. The zero-order chi connectivity index (χ0) is 62.6. The average Bonchev–Trinajstić information content (AvgIpc) is 1.41. The van der Waals surface area contributed by atoms with Crippen LogP contribution in [-0.4, -0.2) is 193 Å². The Bertz CT molecular complexity index is 1940. The molecule has 19 nitrogen and oxygen atoms in total. The number of allylic oxidation sites excluding steroid dienone is 16.